The van der Waals surface area contributed by atoms with Crippen molar-refractivity contribution in [2.75, 3.05) is 13.1 Å². The molecule has 3 rings (SSSR count). The lowest BCUT2D eigenvalue weighted by Gasteiger charge is -2.31. The molecular weight excluding hydrogens is 381 g/mol. The van der Waals surface area contributed by atoms with Crippen molar-refractivity contribution in [2.45, 2.75) is 39.5 Å². The molecule has 0 atom stereocenters. The molecule has 28 heavy (non-hydrogen) atoms. The first-order valence-electron chi connectivity index (χ1n) is 10.3. The quantitative estimate of drug-likeness (QED) is 0.391. The summed E-state index contributed by atoms with van der Waals surface area (Å²) >= 11 is 1.73. The van der Waals surface area contributed by atoms with Gasteiger partial charge in [-0.3, -0.25) is 4.57 Å². The van der Waals surface area contributed by atoms with Gasteiger partial charge in [0.25, 0.3) is 0 Å². The topological polar surface area (TPSA) is 20.3 Å². The van der Waals surface area contributed by atoms with Crippen LogP contribution in [0.25, 0.3) is 9.81 Å². The number of nitrogens with zero attached hydrogens (tertiary/aromatic N) is 1. The number of unbranched alkanes of at least 4 members (excludes halogenated alkanes) is 2. The fourth-order valence-corrected chi connectivity index (χ4v) is 7.64. The van der Waals surface area contributed by atoms with E-state index in [1.54, 1.807) is 11.8 Å². The smallest absolute Gasteiger partial charge is 0.195 e. The highest BCUT2D eigenvalue weighted by Gasteiger charge is 2.31. The van der Waals surface area contributed by atoms with Crippen molar-refractivity contribution >= 4 is 28.9 Å². The van der Waals surface area contributed by atoms with E-state index in [2.05, 4.69) is 42.8 Å². The van der Waals surface area contributed by atoms with Crippen molar-refractivity contribution in [1.82, 2.24) is 4.67 Å². The average Bonchev–Trinajstić information content (AvgIpc) is 2.74. The Bertz CT molecular complexity index is 793. The van der Waals surface area contributed by atoms with Gasteiger partial charge in [-0.15, -0.1) is 0 Å². The van der Waals surface area contributed by atoms with Gasteiger partial charge in [0.1, 0.15) is 0 Å². The highest BCUT2D eigenvalue weighted by Crippen LogP contribution is 2.63. The van der Waals surface area contributed by atoms with Crippen LogP contribution in [0.5, 0.6) is 0 Å². The lowest BCUT2D eigenvalue weighted by atomic mass is 10.2. The fourth-order valence-electron chi connectivity index (χ4n) is 3.29. The number of hydrogen-bond donors (Lipinski definition) is 0. The van der Waals surface area contributed by atoms with Crippen LogP contribution in [0.4, 0.5) is 0 Å². The van der Waals surface area contributed by atoms with Gasteiger partial charge in [0.2, 0.25) is 0 Å². The SMILES string of the molecule is CCCCN(CCCC)P1(=O)C=C(c2ccccc2)SC(c2ccccc2)=C1. The standard InChI is InChI=1S/C24H30NOPS/c1-3-5-17-25(18-6-4-2)27(26)19-23(21-13-9-7-10-14-21)28-24(20-27)22-15-11-8-12-16-22/h7-16,19-20H,3-6,17-18H2,1-2H3. The van der Waals surface area contributed by atoms with E-state index >= 15 is 0 Å². The predicted molar refractivity (Wildman–Crippen MR) is 125 cm³/mol. The van der Waals surface area contributed by atoms with E-state index in [4.69, 9.17) is 0 Å². The second-order valence-electron chi connectivity index (χ2n) is 7.15. The molecule has 0 N–H and O–H groups in total. The molecule has 0 aliphatic carbocycles. The molecule has 1 aliphatic heterocycles. The van der Waals surface area contributed by atoms with Gasteiger partial charge in [0, 0.05) is 34.5 Å². The van der Waals surface area contributed by atoms with Gasteiger partial charge in [0.05, 0.1) is 0 Å². The number of thioether (sulfide) groups is 1. The Morgan fingerprint density at radius 2 is 1.18 bits per heavy atom. The Labute approximate surface area is 174 Å². The Morgan fingerprint density at radius 3 is 1.57 bits per heavy atom. The molecule has 1 aliphatic rings. The van der Waals surface area contributed by atoms with E-state index in [1.807, 2.05) is 48.0 Å². The van der Waals surface area contributed by atoms with Gasteiger partial charge >= 0.3 is 0 Å². The average molecular weight is 412 g/mol. The minimum Gasteiger partial charge on any atom is -0.297 e. The molecule has 0 spiro atoms. The fraction of sp³-hybridized carbons (Fsp3) is 0.333. The molecule has 0 radical (unpaired) electrons. The lowest BCUT2D eigenvalue weighted by Crippen LogP contribution is -2.22. The summed E-state index contributed by atoms with van der Waals surface area (Å²) in [5.41, 5.74) is 2.28. The molecule has 4 heteroatoms. The Morgan fingerprint density at radius 1 is 0.750 bits per heavy atom. The Hall–Kier alpha value is -1.54. The van der Waals surface area contributed by atoms with E-state index in [0.29, 0.717) is 0 Å². The molecule has 1 heterocycles. The maximum absolute atomic E-state index is 14.3. The summed E-state index contributed by atoms with van der Waals surface area (Å²) in [5.74, 6) is 4.09. The first-order valence-corrected chi connectivity index (χ1v) is 12.9. The normalized spacial score (nSPS) is 16.0. The van der Waals surface area contributed by atoms with E-state index in [9.17, 15) is 4.57 Å². The van der Waals surface area contributed by atoms with E-state index in [0.717, 1.165) is 59.7 Å². The summed E-state index contributed by atoms with van der Waals surface area (Å²) in [6.07, 6.45) is 4.37. The summed E-state index contributed by atoms with van der Waals surface area (Å²) in [6.45, 7) is 6.16. The van der Waals surface area contributed by atoms with Crippen molar-refractivity contribution in [2.24, 2.45) is 0 Å². The van der Waals surface area contributed by atoms with Crippen LogP contribution in [0.15, 0.2) is 72.3 Å². The molecule has 2 aromatic rings. The van der Waals surface area contributed by atoms with Gasteiger partial charge in [-0.05, 0) is 24.0 Å². The van der Waals surface area contributed by atoms with Crippen molar-refractivity contribution in [3.63, 3.8) is 0 Å². The molecule has 0 aromatic heterocycles. The summed E-state index contributed by atoms with van der Waals surface area (Å²) in [6, 6.07) is 20.7. The van der Waals surface area contributed by atoms with Crippen LogP contribution < -0.4 is 0 Å². The summed E-state index contributed by atoms with van der Waals surface area (Å²) in [4.78, 5) is 2.20. The summed E-state index contributed by atoms with van der Waals surface area (Å²) in [7, 11) is -2.74. The van der Waals surface area contributed by atoms with Crippen LogP contribution in [0.2, 0.25) is 0 Å². The van der Waals surface area contributed by atoms with Crippen LogP contribution >= 0.6 is 19.1 Å². The van der Waals surface area contributed by atoms with Crippen LogP contribution in [0.1, 0.15) is 50.7 Å². The minimum atomic E-state index is -2.74. The third-order valence-corrected chi connectivity index (χ3v) is 8.96. The zero-order chi connectivity index (χ0) is 19.8. The monoisotopic (exact) mass is 411 g/mol. The predicted octanol–water partition coefficient (Wildman–Crippen LogP) is 7.91. The number of benzene rings is 2. The summed E-state index contributed by atoms with van der Waals surface area (Å²) in [5, 5.41) is 0. The zero-order valence-corrected chi connectivity index (χ0v) is 18.6. The molecule has 0 saturated carbocycles. The van der Waals surface area contributed by atoms with Crippen molar-refractivity contribution in [3.8, 4) is 0 Å². The van der Waals surface area contributed by atoms with E-state index < -0.39 is 7.29 Å². The molecule has 0 unspecified atom stereocenters. The van der Waals surface area contributed by atoms with Crippen LogP contribution in [0, 0.1) is 0 Å². The second-order valence-corrected chi connectivity index (χ2v) is 10.7. The van der Waals surface area contributed by atoms with Gasteiger partial charge in [-0.25, -0.2) is 4.67 Å². The van der Waals surface area contributed by atoms with Crippen LogP contribution in [0.3, 0.4) is 0 Å². The first kappa shape index (κ1) is 21.2. The second kappa shape index (κ2) is 10.3. The van der Waals surface area contributed by atoms with Crippen molar-refractivity contribution in [3.05, 3.63) is 83.4 Å². The van der Waals surface area contributed by atoms with Gasteiger partial charge in [-0.1, -0.05) is 99.1 Å². The number of hydrogen-bond acceptors (Lipinski definition) is 2. The number of rotatable bonds is 9. The van der Waals surface area contributed by atoms with Gasteiger partial charge in [-0.2, -0.15) is 0 Å². The van der Waals surface area contributed by atoms with Crippen molar-refractivity contribution < 1.29 is 4.57 Å². The molecule has 2 aromatic carbocycles. The summed E-state index contributed by atoms with van der Waals surface area (Å²) < 4.78 is 16.5. The van der Waals surface area contributed by atoms with Gasteiger partial charge < -0.3 is 0 Å². The first-order chi connectivity index (χ1) is 13.7. The Kier molecular flexibility index (Phi) is 7.79. The molecule has 0 amide bonds. The van der Waals surface area contributed by atoms with Crippen LogP contribution in [-0.2, 0) is 4.57 Å². The molecule has 0 bridgehead atoms. The largest absolute Gasteiger partial charge is 0.297 e. The molecule has 2 nitrogen and oxygen atoms in total. The third-order valence-electron chi connectivity index (χ3n) is 4.92. The van der Waals surface area contributed by atoms with Gasteiger partial charge in [0.15, 0.2) is 7.29 Å². The van der Waals surface area contributed by atoms with E-state index in [1.165, 1.54) is 0 Å². The maximum Gasteiger partial charge on any atom is 0.195 e. The molecule has 148 valence electrons. The lowest BCUT2D eigenvalue weighted by molar-refractivity contribution is 0.403. The maximum atomic E-state index is 14.3. The van der Waals surface area contributed by atoms with E-state index in [-0.39, 0.29) is 0 Å². The third kappa shape index (κ3) is 5.29. The van der Waals surface area contributed by atoms with Crippen LogP contribution in [-0.4, -0.2) is 17.8 Å². The Balaban J connectivity index is 2.04. The molecule has 0 fully saturated rings. The molecule has 0 saturated heterocycles. The molecular formula is C24H30NOPS. The minimum absolute atomic E-state index is 0.885. The zero-order valence-electron chi connectivity index (χ0n) is 16.9. The van der Waals surface area contributed by atoms with Crippen molar-refractivity contribution in [1.29, 1.82) is 0 Å². The highest BCUT2D eigenvalue weighted by atomic mass is 32.2. The highest BCUT2D eigenvalue weighted by molar-refractivity contribution is 8.17.